The SMILES string of the molecule is CCN(C(=O)c1cn(Cc2ccccc2)nn1)c1ccc(F)c(F)c1. The fourth-order valence-corrected chi connectivity index (χ4v) is 2.48. The van der Waals surface area contributed by atoms with Crippen LogP contribution in [-0.2, 0) is 6.54 Å². The minimum atomic E-state index is -1.00. The van der Waals surface area contributed by atoms with Crippen LogP contribution >= 0.6 is 0 Å². The molecular weight excluding hydrogens is 326 g/mol. The largest absolute Gasteiger partial charge is 0.307 e. The minimum Gasteiger partial charge on any atom is -0.307 e. The number of hydrogen-bond donors (Lipinski definition) is 0. The molecular formula is C18H16F2N4O. The van der Waals surface area contributed by atoms with Crippen molar-refractivity contribution in [1.82, 2.24) is 15.0 Å². The second-order valence-electron chi connectivity index (χ2n) is 5.43. The third-order valence-corrected chi connectivity index (χ3v) is 3.72. The zero-order chi connectivity index (χ0) is 17.8. The molecule has 128 valence electrons. The lowest BCUT2D eigenvalue weighted by Crippen LogP contribution is -2.31. The van der Waals surface area contributed by atoms with Gasteiger partial charge in [0.15, 0.2) is 17.3 Å². The average molecular weight is 342 g/mol. The van der Waals surface area contributed by atoms with E-state index in [1.54, 1.807) is 11.6 Å². The average Bonchev–Trinajstić information content (AvgIpc) is 3.08. The number of benzene rings is 2. The highest BCUT2D eigenvalue weighted by Crippen LogP contribution is 2.19. The number of nitrogens with zero attached hydrogens (tertiary/aromatic N) is 4. The fourth-order valence-electron chi connectivity index (χ4n) is 2.48. The number of carbonyl (C=O) groups excluding carboxylic acids is 1. The molecule has 0 unspecified atom stereocenters. The molecule has 1 amide bonds. The predicted octanol–water partition coefficient (Wildman–Crippen LogP) is 3.27. The van der Waals surface area contributed by atoms with Gasteiger partial charge < -0.3 is 4.90 Å². The summed E-state index contributed by atoms with van der Waals surface area (Å²) < 4.78 is 28.1. The summed E-state index contributed by atoms with van der Waals surface area (Å²) in [5.74, 6) is -2.38. The molecule has 3 aromatic rings. The van der Waals surface area contributed by atoms with Gasteiger partial charge in [-0.05, 0) is 24.6 Å². The Balaban J connectivity index is 1.80. The van der Waals surface area contributed by atoms with E-state index in [0.717, 1.165) is 17.7 Å². The summed E-state index contributed by atoms with van der Waals surface area (Å²) in [4.78, 5) is 14.0. The van der Waals surface area contributed by atoms with Gasteiger partial charge >= 0.3 is 0 Å². The molecule has 0 aliphatic rings. The van der Waals surface area contributed by atoms with Gasteiger partial charge in [0.05, 0.1) is 12.7 Å². The molecule has 0 atom stereocenters. The van der Waals surface area contributed by atoms with Crippen LogP contribution in [0.1, 0.15) is 23.0 Å². The number of aromatic nitrogens is 3. The van der Waals surface area contributed by atoms with E-state index in [2.05, 4.69) is 10.3 Å². The Hall–Kier alpha value is -3.09. The molecule has 25 heavy (non-hydrogen) atoms. The highest BCUT2D eigenvalue weighted by molar-refractivity contribution is 6.04. The molecule has 0 saturated carbocycles. The van der Waals surface area contributed by atoms with Crippen molar-refractivity contribution in [1.29, 1.82) is 0 Å². The summed E-state index contributed by atoms with van der Waals surface area (Å²) in [5.41, 5.74) is 1.44. The number of amides is 1. The van der Waals surface area contributed by atoms with Crippen LogP contribution in [0.4, 0.5) is 14.5 Å². The second-order valence-corrected chi connectivity index (χ2v) is 5.43. The van der Waals surface area contributed by atoms with Gasteiger partial charge in [-0.3, -0.25) is 4.79 Å². The zero-order valence-electron chi connectivity index (χ0n) is 13.6. The lowest BCUT2D eigenvalue weighted by Gasteiger charge is -2.19. The van der Waals surface area contributed by atoms with Crippen molar-refractivity contribution in [3.8, 4) is 0 Å². The lowest BCUT2D eigenvalue weighted by molar-refractivity contribution is 0.0983. The minimum absolute atomic E-state index is 0.141. The number of halogens is 2. The van der Waals surface area contributed by atoms with Crippen LogP contribution < -0.4 is 4.90 Å². The van der Waals surface area contributed by atoms with E-state index in [1.807, 2.05) is 30.3 Å². The maximum absolute atomic E-state index is 13.4. The number of hydrogen-bond acceptors (Lipinski definition) is 3. The molecule has 0 saturated heterocycles. The van der Waals surface area contributed by atoms with Gasteiger partial charge in [-0.1, -0.05) is 35.5 Å². The van der Waals surface area contributed by atoms with Crippen LogP contribution in [-0.4, -0.2) is 27.4 Å². The van der Waals surface area contributed by atoms with Gasteiger partial charge in [0, 0.05) is 18.3 Å². The van der Waals surface area contributed by atoms with E-state index in [1.165, 1.54) is 17.2 Å². The fraction of sp³-hybridized carbons (Fsp3) is 0.167. The summed E-state index contributed by atoms with van der Waals surface area (Å²) in [7, 11) is 0. The molecule has 0 fully saturated rings. The maximum Gasteiger partial charge on any atom is 0.280 e. The molecule has 0 aliphatic carbocycles. The zero-order valence-corrected chi connectivity index (χ0v) is 13.6. The summed E-state index contributed by atoms with van der Waals surface area (Å²) in [5, 5.41) is 7.86. The maximum atomic E-state index is 13.4. The number of anilines is 1. The Morgan fingerprint density at radius 1 is 1.12 bits per heavy atom. The van der Waals surface area contributed by atoms with E-state index >= 15 is 0 Å². The van der Waals surface area contributed by atoms with Crippen LogP contribution in [0.3, 0.4) is 0 Å². The monoisotopic (exact) mass is 342 g/mol. The van der Waals surface area contributed by atoms with Gasteiger partial charge in [0.2, 0.25) is 0 Å². The molecule has 0 N–H and O–H groups in total. The van der Waals surface area contributed by atoms with Gasteiger partial charge in [0.25, 0.3) is 5.91 Å². The van der Waals surface area contributed by atoms with Crippen LogP contribution in [0.5, 0.6) is 0 Å². The van der Waals surface area contributed by atoms with E-state index < -0.39 is 17.5 Å². The highest BCUT2D eigenvalue weighted by atomic mass is 19.2. The van der Waals surface area contributed by atoms with E-state index in [-0.39, 0.29) is 17.9 Å². The Labute approximate surface area is 143 Å². The van der Waals surface area contributed by atoms with Crippen LogP contribution in [0.25, 0.3) is 0 Å². The van der Waals surface area contributed by atoms with Gasteiger partial charge in [-0.25, -0.2) is 13.5 Å². The molecule has 0 bridgehead atoms. The Morgan fingerprint density at radius 2 is 1.88 bits per heavy atom. The second kappa shape index (κ2) is 7.21. The van der Waals surface area contributed by atoms with E-state index in [9.17, 15) is 13.6 Å². The number of carbonyl (C=O) groups is 1. The summed E-state index contributed by atoms with van der Waals surface area (Å²) in [6, 6.07) is 13.0. The molecule has 1 heterocycles. The van der Waals surface area contributed by atoms with Gasteiger partial charge in [-0.2, -0.15) is 0 Å². The molecule has 2 aromatic carbocycles. The number of rotatable bonds is 5. The highest BCUT2D eigenvalue weighted by Gasteiger charge is 2.20. The first-order valence-electron chi connectivity index (χ1n) is 7.79. The first-order valence-corrected chi connectivity index (χ1v) is 7.79. The quantitative estimate of drug-likeness (QED) is 0.715. The standard InChI is InChI=1S/C18H16F2N4O/c1-2-24(14-8-9-15(19)16(20)10-14)18(25)17-12-23(22-21-17)11-13-6-4-3-5-7-13/h3-10,12H,2,11H2,1H3. The topological polar surface area (TPSA) is 51.0 Å². The van der Waals surface area contributed by atoms with Crippen molar-refractivity contribution < 1.29 is 13.6 Å². The first kappa shape index (κ1) is 16.8. The third kappa shape index (κ3) is 3.71. The lowest BCUT2D eigenvalue weighted by atomic mass is 10.2. The van der Waals surface area contributed by atoms with Crippen molar-refractivity contribution in [2.75, 3.05) is 11.4 Å². The van der Waals surface area contributed by atoms with Crippen LogP contribution in [0.15, 0.2) is 54.7 Å². The predicted molar refractivity (Wildman–Crippen MR) is 89.3 cm³/mol. The molecule has 5 nitrogen and oxygen atoms in total. The van der Waals surface area contributed by atoms with Crippen molar-refractivity contribution in [2.24, 2.45) is 0 Å². The van der Waals surface area contributed by atoms with E-state index in [0.29, 0.717) is 6.54 Å². The van der Waals surface area contributed by atoms with Gasteiger partial charge in [0.1, 0.15) is 0 Å². The van der Waals surface area contributed by atoms with Crippen LogP contribution in [0, 0.1) is 11.6 Å². The Morgan fingerprint density at radius 3 is 2.56 bits per heavy atom. The Kier molecular flexibility index (Phi) is 4.83. The van der Waals surface area contributed by atoms with Crippen molar-refractivity contribution in [3.63, 3.8) is 0 Å². The molecule has 7 heteroatoms. The molecule has 1 aromatic heterocycles. The van der Waals surface area contributed by atoms with E-state index in [4.69, 9.17) is 0 Å². The first-order chi connectivity index (χ1) is 12.1. The molecule has 3 rings (SSSR count). The Bertz CT molecular complexity index is 880. The summed E-state index contributed by atoms with van der Waals surface area (Å²) in [6.07, 6.45) is 1.54. The molecule has 0 aliphatic heterocycles. The summed E-state index contributed by atoms with van der Waals surface area (Å²) in [6.45, 7) is 2.52. The summed E-state index contributed by atoms with van der Waals surface area (Å²) >= 11 is 0. The van der Waals surface area contributed by atoms with Gasteiger partial charge in [-0.15, -0.1) is 5.10 Å². The smallest absolute Gasteiger partial charge is 0.280 e. The molecule has 0 spiro atoms. The van der Waals surface area contributed by atoms with Crippen LogP contribution in [0.2, 0.25) is 0 Å². The molecule has 0 radical (unpaired) electrons. The normalized spacial score (nSPS) is 10.7. The third-order valence-electron chi connectivity index (χ3n) is 3.72. The van der Waals surface area contributed by atoms with Crippen molar-refractivity contribution in [3.05, 3.63) is 77.6 Å². The van der Waals surface area contributed by atoms with Crippen molar-refractivity contribution >= 4 is 11.6 Å². The van der Waals surface area contributed by atoms with Crippen molar-refractivity contribution in [2.45, 2.75) is 13.5 Å².